The molecule has 0 bridgehead atoms. The molecule has 0 radical (unpaired) electrons. The second-order valence-electron chi connectivity index (χ2n) is 8.07. The summed E-state index contributed by atoms with van der Waals surface area (Å²) in [5.74, 6) is 0.438. The highest BCUT2D eigenvalue weighted by atomic mass is 32.1. The Bertz CT molecular complexity index is 1120. The van der Waals surface area contributed by atoms with Crippen LogP contribution < -0.4 is 5.32 Å². The molecule has 3 rings (SSSR count). The van der Waals surface area contributed by atoms with Crippen molar-refractivity contribution in [1.82, 2.24) is 15.5 Å². The molecular formula is C25H28N4O2S. The summed E-state index contributed by atoms with van der Waals surface area (Å²) in [6.45, 7) is 11.1. The van der Waals surface area contributed by atoms with Crippen LogP contribution in [0.3, 0.4) is 0 Å². The van der Waals surface area contributed by atoms with Crippen LogP contribution in [0.25, 0.3) is 16.1 Å². The number of allylic oxidation sites excluding steroid dienone is 4. The minimum Gasteiger partial charge on any atom is -0.490 e. The highest BCUT2D eigenvalue weighted by molar-refractivity contribution is 7.15. The van der Waals surface area contributed by atoms with Gasteiger partial charge in [0.05, 0.1) is 17.7 Å². The largest absolute Gasteiger partial charge is 0.490 e. The molecule has 0 unspecified atom stereocenters. The molecule has 2 aromatic rings. The quantitative estimate of drug-likeness (QED) is 0.343. The van der Waals surface area contributed by atoms with Crippen LogP contribution >= 0.6 is 11.3 Å². The van der Waals surface area contributed by atoms with Crippen LogP contribution in [-0.4, -0.2) is 22.2 Å². The van der Waals surface area contributed by atoms with Crippen LogP contribution in [0.2, 0.25) is 0 Å². The number of aromatic nitrogens is 2. The van der Waals surface area contributed by atoms with E-state index in [0.717, 1.165) is 40.4 Å². The Balaban J connectivity index is 1.90. The number of nitrogens with one attached hydrogen (secondary N) is 1. The number of nitriles is 1. The Labute approximate surface area is 193 Å². The number of hydrogen-bond donors (Lipinski definition) is 1. The lowest BCUT2D eigenvalue weighted by Gasteiger charge is -2.27. The molecule has 1 heterocycles. The van der Waals surface area contributed by atoms with Gasteiger partial charge < -0.3 is 10.1 Å². The molecule has 32 heavy (non-hydrogen) atoms. The van der Waals surface area contributed by atoms with Crippen molar-refractivity contribution in [2.24, 2.45) is 0 Å². The molecule has 0 fully saturated rings. The summed E-state index contributed by atoms with van der Waals surface area (Å²) in [5, 5.41) is 22.7. The number of rotatable bonds is 7. The molecule has 166 valence electrons. The first kappa shape index (κ1) is 23.4. The predicted octanol–water partition coefficient (Wildman–Crippen LogP) is 5.51. The van der Waals surface area contributed by atoms with Crippen LogP contribution in [0.4, 0.5) is 0 Å². The number of carbonyl (C=O) groups is 1. The van der Waals surface area contributed by atoms with E-state index in [1.807, 2.05) is 39.0 Å². The van der Waals surface area contributed by atoms with E-state index in [4.69, 9.17) is 10.00 Å². The fraction of sp³-hybridized carbons (Fsp3) is 0.360. The van der Waals surface area contributed by atoms with E-state index in [2.05, 4.69) is 34.2 Å². The third kappa shape index (κ3) is 5.51. The maximum atomic E-state index is 11.6. The van der Waals surface area contributed by atoms with Gasteiger partial charge in [-0.2, -0.15) is 5.26 Å². The fourth-order valence-corrected chi connectivity index (χ4v) is 4.60. The van der Waals surface area contributed by atoms with Gasteiger partial charge in [-0.25, -0.2) is 0 Å². The Morgan fingerprint density at radius 1 is 1.34 bits per heavy atom. The number of fused-ring (bicyclic) bond motifs is 1. The Kier molecular flexibility index (Phi) is 7.60. The minimum absolute atomic E-state index is 0.0137. The van der Waals surface area contributed by atoms with E-state index in [-0.39, 0.29) is 23.6 Å². The molecule has 1 aromatic carbocycles. The molecule has 6 nitrogen and oxygen atoms in total. The molecule has 1 aromatic heterocycles. The number of ether oxygens (including phenoxy) is 1. The molecule has 1 aliphatic rings. The molecule has 1 atom stereocenters. The molecular weight excluding hydrogens is 420 g/mol. The Morgan fingerprint density at radius 2 is 2.12 bits per heavy atom. The number of benzene rings is 1. The molecule has 7 heteroatoms. The summed E-state index contributed by atoms with van der Waals surface area (Å²) in [6.07, 6.45) is 6.49. The minimum atomic E-state index is -0.0567. The Morgan fingerprint density at radius 3 is 2.81 bits per heavy atom. The van der Waals surface area contributed by atoms with Crippen molar-refractivity contribution in [3.05, 3.63) is 64.4 Å². The first-order chi connectivity index (χ1) is 15.3. The van der Waals surface area contributed by atoms with Crippen molar-refractivity contribution in [1.29, 1.82) is 5.26 Å². The summed E-state index contributed by atoms with van der Waals surface area (Å²) < 4.78 is 5.70. The van der Waals surface area contributed by atoms with Gasteiger partial charge >= 0.3 is 0 Å². The van der Waals surface area contributed by atoms with Crippen LogP contribution in [0.1, 0.15) is 62.7 Å². The first-order valence-corrected chi connectivity index (χ1v) is 11.5. The van der Waals surface area contributed by atoms with E-state index in [1.54, 1.807) is 13.0 Å². The summed E-state index contributed by atoms with van der Waals surface area (Å²) in [5.41, 5.74) is 4.68. The second kappa shape index (κ2) is 10.4. The number of hydrogen-bond acceptors (Lipinski definition) is 6. The Hall–Kier alpha value is -3.24. The van der Waals surface area contributed by atoms with Gasteiger partial charge in [-0.1, -0.05) is 42.2 Å². The fourth-order valence-electron chi connectivity index (χ4n) is 3.73. The molecule has 1 amide bonds. The number of carbonyl (C=O) groups excluding carboxylic acids is 1. The molecule has 0 aliphatic heterocycles. The van der Waals surface area contributed by atoms with E-state index in [9.17, 15) is 4.79 Å². The highest BCUT2D eigenvalue weighted by Crippen LogP contribution is 2.38. The van der Waals surface area contributed by atoms with Crippen molar-refractivity contribution in [3.8, 4) is 16.6 Å². The molecule has 1 aliphatic carbocycles. The summed E-state index contributed by atoms with van der Waals surface area (Å²) in [7, 11) is 0. The molecule has 0 spiro atoms. The zero-order valence-corrected chi connectivity index (χ0v) is 19.8. The second-order valence-corrected chi connectivity index (χ2v) is 9.05. The molecule has 1 N–H and O–H groups in total. The summed E-state index contributed by atoms with van der Waals surface area (Å²) in [4.78, 5) is 11.6. The van der Waals surface area contributed by atoms with Gasteiger partial charge in [0.1, 0.15) is 21.8 Å². The summed E-state index contributed by atoms with van der Waals surface area (Å²) >= 11 is 1.53. The van der Waals surface area contributed by atoms with Crippen molar-refractivity contribution in [2.45, 2.75) is 59.1 Å². The van der Waals surface area contributed by atoms with Gasteiger partial charge in [-0.15, -0.1) is 10.2 Å². The maximum Gasteiger partial charge on any atom is 0.217 e. The van der Waals surface area contributed by atoms with Gasteiger partial charge in [-0.05, 0) is 62.8 Å². The van der Waals surface area contributed by atoms with Gasteiger partial charge in [0, 0.05) is 12.5 Å². The lowest BCUT2D eigenvalue weighted by Crippen LogP contribution is -2.29. The standard InChI is InChI=1S/C25H28N4O2S/c1-15(2)31-23(17(4)14-26)13-12-16(3)24-28-29-25(32-24)21-10-6-9-20-19(21)8-7-11-22(20)27-18(5)30/h6,9-10,12-13,15,22H,4,7-8,11H2,1-3,5H3,(H,27,30)/b16-12+,23-13+/t22-/m1/s1. The van der Waals surface area contributed by atoms with Crippen LogP contribution in [0.15, 0.2) is 48.3 Å². The van der Waals surface area contributed by atoms with Gasteiger partial charge in [0.25, 0.3) is 0 Å². The van der Waals surface area contributed by atoms with E-state index >= 15 is 0 Å². The number of nitrogens with zero attached hydrogens (tertiary/aromatic N) is 3. The van der Waals surface area contributed by atoms with E-state index < -0.39 is 0 Å². The monoisotopic (exact) mass is 448 g/mol. The van der Waals surface area contributed by atoms with Crippen molar-refractivity contribution >= 4 is 22.8 Å². The van der Waals surface area contributed by atoms with Crippen molar-refractivity contribution in [2.75, 3.05) is 0 Å². The van der Waals surface area contributed by atoms with Crippen molar-refractivity contribution < 1.29 is 9.53 Å². The average molecular weight is 449 g/mol. The van der Waals surface area contributed by atoms with E-state index in [1.165, 1.54) is 22.5 Å². The lowest BCUT2D eigenvalue weighted by atomic mass is 9.85. The molecule has 0 saturated carbocycles. The van der Waals surface area contributed by atoms with Gasteiger partial charge in [0.15, 0.2) is 0 Å². The SMILES string of the molecule is C=C(C#N)/C(=C\C=C(/C)c1nnc(-c2cccc3c2CCC[C@H]3NC(C)=O)s1)OC(C)C. The number of amides is 1. The topological polar surface area (TPSA) is 87.9 Å². The normalized spacial score (nSPS) is 16.3. The van der Waals surface area contributed by atoms with Crippen molar-refractivity contribution in [3.63, 3.8) is 0 Å². The van der Waals surface area contributed by atoms with Crippen LogP contribution in [0.5, 0.6) is 0 Å². The molecule has 0 saturated heterocycles. The van der Waals surface area contributed by atoms with Crippen LogP contribution in [-0.2, 0) is 16.0 Å². The zero-order chi connectivity index (χ0) is 23.3. The van der Waals surface area contributed by atoms with E-state index in [0.29, 0.717) is 5.76 Å². The lowest BCUT2D eigenvalue weighted by molar-refractivity contribution is -0.119. The zero-order valence-electron chi connectivity index (χ0n) is 18.9. The third-order valence-electron chi connectivity index (χ3n) is 5.16. The first-order valence-electron chi connectivity index (χ1n) is 10.7. The summed E-state index contributed by atoms with van der Waals surface area (Å²) in [6, 6.07) is 8.26. The van der Waals surface area contributed by atoms with Crippen LogP contribution in [0, 0.1) is 11.3 Å². The van der Waals surface area contributed by atoms with Gasteiger partial charge in [0.2, 0.25) is 5.91 Å². The van der Waals surface area contributed by atoms with Gasteiger partial charge in [-0.3, -0.25) is 4.79 Å². The third-order valence-corrected chi connectivity index (χ3v) is 6.25. The maximum absolute atomic E-state index is 11.6. The smallest absolute Gasteiger partial charge is 0.217 e. The predicted molar refractivity (Wildman–Crippen MR) is 128 cm³/mol. The average Bonchev–Trinajstić information content (AvgIpc) is 3.25. The highest BCUT2D eigenvalue weighted by Gasteiger charge is 2.24.